The zero-order valence-electron chi connectivity index (χ0n) is 10.3. The molecule has 0 saturated heterocycles. The summed E-state index contributed by atoms with van der Waals surface area (Å²) in [4.78, 5) is 0. The summed E-state index contributed by atoms with van der Waals surface area (Å²) >= 11 is 0. The molecule has 0 bridgehead atoms. The summed E-state index contributed by atoms with van der Waals surface area (Å²) in [7, 11) is 0. The molecule has 2 saturated carbocycles. The van der Waals surface area contributed by atoms with Crippen molar-refractivity contribution in [3.8, 4) is 0 Å². The maximum absolute atomic E-state index is 3.65. The van der Waals surface area contributed by atoms with E-state index in [0.29, 0.717) is 0 Å². The topological polar surface area (TPSA) is 12.0 Å². The Balaban J connectivity index is 1.61. The van der Waals surface area contributed by atoms with Crippen LogP contribution in [0.3, 0.4) is 0 Å². The van der Waals surface area contributed by atoms with E-state index < -0.39 is 0 Å². The van der Waals surface area contributed by atoms with E-state index in [-0.39, 0.29) is 0 Å². The van der Waals surface area contributed by atoms with Crippen molar-refractivity contribution in [2.24, 2.45) is 5.92 Å². The van der Waals surface area contributed by atoms with Crippen molar-refractivity contribution in [1.29, 1.82) is 0 Å². The van der Waals surface area contributed by atoms with Gasteiger partial charge in [-0.1, -0.05) is 23.8 Å². The SMILES string of the molecule is Cc1ccc(C2CC2CNC2CC2)c(C)c1. The summed E-state index contributed by atoms with van der Waals surface area (Å²) in [6.07, 6.45) is 4.20. The third kappa shape index (κ3) is 2.15. The van der Waals surface area contributed by atoms with Crippen LogP contribution in [0.2, 0.25) is 0 Å². The van der Waals surface area contributed by atoms with Crippen LogP contribution in [0.1, 0.15) is 41.9 Å². The van der Waals surface area contributed by atoms with Gasteiger partial charge in [-0.3, -0.25) is 0 Å². The molecule has 1 nitrogen and oxygen atoms in total. The normalized spacial score (nSPS) is 28.1. The highest BCUT2D eigenvalue weighted by Crippen LogP contribution is 2.48. The lowest BCUT2D eigenvalue weighted by Gasteiger charge is -2.07. The van der Waals surface area contributed by atoms with Gasteiger partial charge in [0, 0.05) is 6.04 Å². The van der Waals surface area contributed by atoms with Crippen molar-refractivity contribution >= 4 is 0 Å². The lowest BCUT2D eigenvalue weighted by atomic mass is 10.0. The van der Waals surface area contributed by atoms with Crippen LogP contribution in [0, 0.1) is 19.8 Å². The number of nitrogens with one attached hydrogen (secondary N) is 1. The van der Waals surface area contributed by atoms with Crippen LogP contribution >= 0.6 is 0 Å². The molecule has 0 aromatic heterocycles. The van der Waals surface area contributed by atoms with Crippen LogP contribution in [0.25, 0.3) is 0 Å². The standard InChI is InChI=1S/C15H21N/c1-10-3-6-14(11(2)7-10)15-8-12(15)9-16-13-4-5-13/h3,6-7,12-13,15-16H,4-5,8-9H2,1-2H3. The van der Waals surface area contributed by atoms with Crippen molar-refractivity contribution < 1.29 is 0 Å². The molecule has 3 rings (SSSR count). The first-order valence-corrected chi connectivity index (χ1v) is 6.54. The van der Waals surface area contributed by atoms with Gasteiger partial charge >= 0.3 is 0 Å². The average Bonchev–Trinajstić information content (AvgIpc) is 3.11. The van der Waals surface area contributed by atoms with E-state index in [2.05, 4.69) is 37.4 Å². The minimum Gasteiger partial charge on any atom is -0.314 e. The second-order valence-corrected chi connectivity index (χ2v) is 5.64. The van der Waals surface area contributed by atoms with Gasteiger partial charge in [0.2, 0.25) is 0 Å². The van der Waals surface area contributed by atoms with Gasteiger partial charge in [-0.25, -0.2) is 0 Å². The quantitative estimate of drug-likeness (QED) is 0.813. The lowest BCUT2D eigenvalue weighted by Crippen LogP contribution is -2.19. The Morgan fingerprint density at radius 3 is 2.75 bits per heavy atom. The van der Waals surface area contributed by atoms with Gasteiger partial charge in [-0.2, -0.15) is 0 Å². The van der Waals surface area contributed by atoms with E-state index in [1.165, 1.54) is 36.9 Å². The van der Waals surface area contributed by atoms with Crippen LogP contribution in [0.15, 0.2) is 18.2 Å². The highest BCUT2D eigenvalue weighted by molar-refractivity contribution is 5.36. The highest BCUT2D eigenvalue weighted by Gasteiger charge is 2.39. The second-order valence-electron chi connectivity index (χ2n) is 5.64. The number of benzene rings is 1. The fourth-order valence-corrected chi connectivity index (χ4v) is 2.70. The predicted molar refractivity (Wildman–Crippen MR) is 67.8 cm³/mol. The fourth-order valence-electron chi connectivity index (χ4n) is 2.70. The molecule has 0 radical (unpaired) electrons. The zero-order chi connectivity index (χ0) is 11.1. The van der Waals surface area contributed by atoms with Crippen molar-refractivity contribution in [3.05, 3.63) is 34.9 Å². The molecule has 2 aliphatic carbocycles. The summed E-state index contributed by atoms with van der Waals surface area (Å²) in [5.41, 5.74) is 4.46. The molecule has 2 aliphatic rings. The molecule has 2 atom stereocenters. The van der Waals surface area contributed by atoms with Crippen LogP contribution in [0.4, 0.5) is 0 Å². The maximum Gasteiger partial charge on any atom is 0.00683 e. The van der Waals surface area contributed by atoms with Crippen molar-refractivity contribution in [1.82, 2.24) is 5.32 Å². The number of rotatable bonds is 4. The number of hydrogen-bond acceptors (Lipinski definition) is 1. The first-order valence-electron chi connectivity index (χ1n) is 6.54. The van der Waals surface area contributed by atoms with E-state index in [0.717, 1.165) is 17.9 Å². The summed E-state index contributed by atoms with van der Waals surface area (Å²) in [5, 5.41) is 3.65. The smallest absolute Gasteiger partial charge is 0.00683 e. The largest absolute Gasteiger partial charge is 0.314 e. The summed E-state index contributed by atoms with van der Waals surface area (Å²) < 4.78 is 0. The van der Waals surface area contributed by atoms with Crippen molar-refractivity contribution in [2.45, 2.75) is 45.1 Å². The Hall–Kier alpha value is -0.820. The van der Waals surface area contributed by atoms with Gasteiger partial charge in [0.05, 0.1) is 0 Å². The van der Waals surface area contributed by atoms with Crippen LogP contribution < -0.4 is 5.32 Å². The van der Waals surface area contributed by atoms with E-state index in [9.17, 15) is 0 Å². The van der Waals surface area contributed by atoms with E-state index >= 15 is 0 Å². The summed E-state index contributed by atoms with van der Waals surface area (Å²) in [6, 6.07) is 7.78. The van der Waals surface area contributed by atoms with Crippen molar-refractivity contribution in [3.63, 3.8) is 0 Å². The fraction of sp³-hybridized carbons (Fsp3) is 0.600. The molecular weight excluding hydrogens is 194 g/mol. The highest BCUT2D eigenvalue weighted by atomic mass is 15.0. The minimum absolute atomic E-state index is 0.840. The van der Waals surface area contributed by atoms with Crippen LogP contribution in [-0.2, 0) is 0 Å². The Bertz CT molecular complexity index is 392. The third-order valence-corrected chi connectivity index (χ3v) is 3.99. The Morgan fingerprint density at radius 2 is 2.06 bits per heavy atom. The summed E-state index contributed by atoms with van der Waals surface area (Å²) in [6.45, 7) is 5.67. The Morgan fingerprint density at radius 1 is 1.25 bits per heavy atom. The molecule has 86 valence electrons. The molecule has 0 amide bonds. The van der Waals surface area contributed by atoms with Gasteiger partial charge in [0.15, 0.2) is 0 Å². The maximum atomic E-state index is 3.65. The van der Waals surface area contributed by atoms with E-state index in [4.69, 9.17) is 0 Å². The Labute approximate surface area is 98.3 Å². The zero-order valence-corrected chi connectivity index (χ0v) is 10.3. The van der Waals surface area contributed by atoms with Crippen molar-refractivity contribution in [2.75, 3.05) is 6.54 Å². The lowest BCUT2D eigenvalue weighted by molar-refractivity contribution is 0.623. The molecule has 2 fully saturated rings. The number of hydrogen-bond donors (Lipinski definition) is 1. The second kappa shape index (κ2) is 3.89. The number of aryl methyl sites for hydroxylation is 2. The molecule has 1 N–H and O–H groups in total. The van der Waals surface area contributed by atoms with Gasteiger partial charge in [0.1, 0.15) is 0 Å². The van der Waals surface area contributed by atoms with Crippen LogP contribution in [0.5, 0.6) is 0 Å². The molecule has 1 aromatic carbocycles. The molecule has 0 heterocycles. The average molecular weight is 215 g/mol. The molecule has 1 heteroatoms. The first kappa shape index (κ1) is 10.3. The van der Waals surface area contributed by atoms with Gasteiger partial charge < -0.3 is 5.32 Å². The predicted octanol–water partition coefficient (Wildman–Crippen LogP) is 3.16. The van der Waals surface area contributed by atoms with Gasteiger partial charge in [0.25, 0.3) is 0 Å². The summed E-state index contributed by atoms with van der Waals surface area (Å²) in [5.74, 6) is 1.74. The molecule has 0 aliphatic heterocycles. The third-order valence-electron chi connectivity index (χ3n) is 3.99. The van der Waals surface area contributed by atoms with E-state index in [1.807, 2.05) is 0 Å². The Kier molecular flexibility index (Phi) is 2.51. The molecule has 0 spiro atoms. The van der Waals surface area contributed by atoms with Crippen LogP contribution in [-0.4, -0.2) is 12.6 Å². The van der Waals surface area contributed by atoms with E-state index in [1.54, 1.807) is 5.56 Å². The van der Waals surface area contributed by atoms with Gasteiger partial charge in [-0.05, 0) is 62.6 Å². The molecular formula is C15H21N. The monoisotopic (exact) mass is 215 g/mol. The van der Waals surface area contributed by atoms with Gasteiger partial charge in [-0.15, -0.1) is 0 Å². The minimum atomic E-state index is 0.840. The molecule has 1 aromatic rings. The first-order chi connectivity index (χ1) is 7.74. The molecule has 16 heavy (non-hydrogen) atoms. The molecule has 2 unspecified atom stereocenters.